The molecule has 1 heterocycles. The number of nitro benzene ring substituents is 1. The van der Waals surface area contributed by atoms with Crippen LogP contribution in [0.4, 0.5) is 11.4 Å². The number of carbonyl (C=O) groups is 1. The first-order chi connectivity index (χ1) is 9.92. The van der Waals surface area contributed by atoms with Crippen molar-refractivity contribution in [3.8, 4) is 6.07 Å². The van der Waals surface area contributed by atoms with Crippen LogP contribution in [0.15, 0.2) is 18.2 Å². The molecule has 0 saturated carbocycles. The highest BCUT2D eigenvalue weighted by atomic mass is 16.6. The van der Waals surface area contributed by atoms with Gasteiger partial charge in [-0.3, -0.25) is 14.9 Å². The molecule has 0 radical (unpaired) electrons. The van der Waals surface area contributed by atoms with Crippen molar-refractivity contribution in [3.05, 3.63) is 33.9 Å². The van der Waals surface area contributed by atoms with Crippen molar-refractivity contribution in [3.63, 3.8) is 0 Å². The SMILES string of the molecule is CC1CC(C(=O)O)CN(c2ccc(C#N)c([N+](=O)[O-])c2)C1. The lowest BCUT2D eigenvalue weighted by Crippen LogP contribution is -2.42. The second-order valence-corrected chi connectivity index (χ2v) is 5.35. The number of carboxylic acids is 1. The molecule has 1 saturated heterocycles. The molecule has 0 bridgehead atoms. The van der Waals surface area contributed by atoms with Crippen LogP contribution >= 0.6 is 0 Å². The number of nitriles is 1. The van der Waals surface area contributed by atoms with Gasteiger partial charge in [0.1, 0.15) is 11.6 Å². The molecule has 21 heavy (non-hydrogen) atoms. The lowest BCUT2D eigenvalue weighted by atomic mass is 9.90. The molecule has 0 aromatic heterocycles. The van der Waals surface area contributed by atoms with Gasteiger partial charge in [-0.2, -0.15) is 5.26 Å². The second kappa shape index (κ2) is 5.79. The zero-order chi connectivity index (χ0) is 15.6. The fraction of sp³-hybridized carbons (Fsp3) is 0.429. The largest absolute Gasteiger partial charge is 0.481 e. The van der Waals surface area contributed by atoms with Crippen LogP contribution in [-0.4, -0.2) is 29.1 Å². The highest BCUT2D eigenvalue weighted by Gasteiger charge is 2.30. The number of hydrogen-bond acceptors (Lipinski definition) is 5. The molecule has 7 heteroatoms. The summed E-state index contributed by atoms with van der Waals surface area (Å²) >= 11 is 0. The zero-order valence-electron chi connectivity index (χ0n) is 11.5. The summed E-state index contributed by atoms with van der Waals surface area (Å²) < 4.78 is 0. The minimum absolute atomic E-state index is 0.00333. The van der Waals surface area contributed by atoms with Gasteiger partial charge < -0.3 is 10.0 Å². The number of carboxylic acid groups (broad SMARTS) is 1. The second-order valence-electron chi connectivity index (χ2n) is 5.35. The van der Waals surface area contributed by atoms with Crippen molar-refractivity contribution < 1.29 is 14.8 Å². The number of nitrogens with zero attached hydrogens (tertiary/aromatic N) is 3. The summed E-state index contributed by atoms with van der Waals surface area (Å²) in [6.07, 6.45) is 0.601. The van der Waals surface area contributed by atoms with Crippen LogP contribution in [0.5, 0.6) is 0 Å². The Morgan fingerprint density at radius 2 is 2.24 bits per heavy atom. The van der Waals surface area contributed by atoms with E-state index in [4.69, 9.17) is 10.4 Å². The normalized spacial score (nSPS) is 21.6. The van der Waals surface area contributed by atoms with Crippen LogP contribution < -0.4 is 4.90 Å². The van der Waals surface area contributed by atoms with E-state index in [0.717, 1.165) is 0 Å². The van der Waals surface area contributed by atoms with Gasteiger partial charge in [0.25, 0.3) is 5.69 Å². The first kappa shape index (κ1) is 14.8. The average molecular weight is 289 g/mol. The lowest BCUT2D eigenvalue weighted by molar-refractivity contribution is -0.385. The lowest BCUT2D eigenvalue weighted by Gasteiger charge is -2.36. The Morgan fingerprint density at radius 1 is 1.52 bits per heavy atom. The number of piperidine rings is 1. The third kappa shape index (κ3) is 3.11. The number of hydrogen-bond donors (Lipinski definition) is 1. The Kier molecular flexibility index (Phi) is 4.08. The first-order valence-electron chi connectivity index (χ1n) is 6.58. The van der Waals surface area contributed by atoms with Gasteiger partial charge in [-0.25, -0.2) is 0 Å². The molecule has 7 nitrogen and oxygen atoms in total. The van der Waals surface area contributed by atoms with Crippen LogP contribution in [0.3, 0.4) is 0 Å². The Labute approximate surface area is 121 Å². The number of nitro groups is 1. The predicted octanol–water partition coefficient (Wildman–Crippen LogP) is 2.01. The van der Waals surface area contributed by atoms with E-state index in [1.807, 2.05) is 11.8 Å². The summed E-state index contributed by atoms with van der Waals surface area (Å²) in [6, 6.07) is 6.16. The van der Waals surface area contributed by atoms with E-state index in [1.54, 1.807) is 12.1 Å². The highest BCUT2D eigenvalue weighted by molar-refractivity contribution is 5.72. The predicted molar refractivity (Wildman–Crippen MR) is 74.9 cm³/mol. The van der Waals surface area contributed by atoms with E-state index in [1.165, 1.54) is 12.1 Å². The zero-order valence-corrected chi connectivity index (χ0v) is 11.5. The minimum atomic E-state index is -0.852. The molecule has 1 aliphatic heterocycles. The summed E-state index contributed by atoms with van der Waals surface area (Å²) in [5, 5.41) is 29.0. The maximum Gasteiger partial charge on any atom is 0.308 e. The Bertz CT molecular complexity index is 623. The molecule has 1 fully saturated rings. The van der Waals surface area contributed by atoms with Gasteiger partial charge >= 0.3 is 5.97 Å². The Hall–Kier alpha value is -2.62. The fourth-order valence-corrected chi connectivity index (χ4v) is 2.70. The molecule has 1 aromatic carbocycles. The summed E-state index contributed by atoms with van der Waals surface area (Å²) in [6.45, 7) is 2.93. The van der Waals surface area contributed by atoms with Crippen LogP contribution in [-0.2, 0) is 4.79 Å². The highest BCUT2D eigenvalue weighted by Crippen LogP contribution is 2.30. The van der Waals surface area contributed by atoms with Gasteiger partial charge in [-0.05, 0) is 24.5 Å². The molecule has 1 N–H and O–H groups in total. The molecule has 0 aliphatic carbocycles. The van der Waals surface area contributed by atoms with E-state index >= 15 is 0 Å². The monoisotopic (exact) mass is 289 g/mol. The van der Waals surface area contributed by atoms with E-state index in [0.29, 0.717) is 25.2 Å². The van der Waals surface area contributed by atoms with E-state index < -0.39 is 16.8 Å². The quantitative estimate of drug-likeness (QED) is 0.673. The van der Waals surface area contributed by atoms with Gasteiger partial charge in [0.05, 0.1) is 10.8 Å². The van der Waals surface area contributed by atoms with Gasteiger partial charge in [0.2, 0.25) is 0 Å². The van der Waals surface area contributed by atoms with Crippen LogP contribution in [0.25, 0.3) is 0 Å². The summed E-state index contributed by atoms with van der Waals surface area (Å²) in [7, 11) is 0. The Morgan fingerprint density at radius 3 is 2.81 bits per heavy atom. The molecule has 1 aliphatic rings. The van der Waals surface area contributed by atoms with Crippen molar-refractivity contribution in [2.24, 2.45) is 11.8 Å². The third-order valence-electron chi connectivity index (χ3n) is 3.67. The van der Waals surface area contributed by atoms with Gasteiger partial charge in [0.15, 0.2) is 0 Å². The minimum Gasteiger partial charge on any atom is -0.481 e. The summed E-state index contributed by atoms with van der Waals surface area (Å²) in [5.41, 5.74) is 0.335. The molecule has 1 aromatic rings. The number of benzene rings is 1. The molecule has 0 spiro atoms. The van der Waals surface area contributed by atoms with E-state index in [9.17, 15) is 14.9 Å². The summed E-state index contributed by atoms with van der Waals surface area (Å²) in [4.78, 5) is 23.4. The summed E-state index contributed by atoms with van der Waals surface area (Å²) in [5.74, 6) is -1.15. The molecule has 110 valence electrons. The molecule has 2 atom stereocenters. The fourth-order valence-electron chi connectivity index (χ4n) is 2.70. The number of anilines is 1. The maximum atomic E-state index is 11.2. The maximum absolute atomic E-state index is 11.2. The van der Waals surface area contributed by atoms with Gasteiger partial charge in [-0.15, -0.1) is 0 Å². The van der Waals surface area contributed by atoms with Crippen LogP contribution in [0.1, 0.15) is 18.9 Å². The molecule has 2 unspecified atom stereocenters. The smallest absolute Gasteiger partial charge is 0.308 e. The molecular formula is C14H15N3O4. The molecule has 0 amide bonds. The van der Waals surface area contributed by atoms with Crippen molar-refractivity contribution in [1.82, 2.24) is 0 Å². The Balaban J connectivity index is 2.33. The molecule has 2 rings (SSSR count). The van der Waals surface area contributed by atoms with Crippen molar-refractivity contribution in [2.45, 2.75) is 13.3 Å². The van der Waals surface area contributed by atoms with Crippen LogP contribution in [0.2, 0.25) is 0 Å². The van der Waals surface area contributed by atoms with E-state index in [-0.39, 0.29) is 17.2 Å². The third-order valence-corrected chi connectivity index (χ3v) is 3.67. The first-order valence-corrected chi connectivity index (χ1v) is 6.58. The van der Waals surface area contributed by atoms with Gasteiger partial charge in [-0.1, -0.05) is 6.92 Å². The average Bonchev–Trinajstić information content (AvgIpc) is 2.45. The number of rotatable bonds is 3. The standard InChI is InChI=1S/C14H15N3O4/c1-9-4-11(14(18)19)8-16(7-9)12-3-2-10(6-15)13(5-12)17(20)21/h2-3,5,9,11H,4,7-8H2,1H3,(H,18,19). The molecular weight excluding hydrogens is 274 g/mol. The van der Waals surface area contributed by atoms with Crippen molar-refractivity contribution >= 4 is 17.3 Å². The van der Waals surface area contributed by atoms with Crippen molar-refractivity contribution in [1.29, 1.82) is 5.26 Å². The van der Waals surface area contributed by atoms with Crippen molar-refractivity contribution in [2.75, 3.05) is 18.0 Å². The topological polar surface area (TPSA) is 107 Å². The van der Waals surface area contributed by atoms with E-state index in [2.05, 4.69) is 0 Å². The number of aliphatic carboxylic acids is 1. The van der Waals surface area contributed by atoms with Crippen LogP contribution in [0, 0.1) is 33.3 Å². The van der Waals surface area contributed by atoms with Gasteiger partial charge in [0, 0.05) is 24.8 Å².